The SMILES string of the molecule is Cc1sc(NC(=O)c2ccc(Cl)c(S(=O)(=O)N3CCOCC3)c2)c(C(N)=O)c1C. The molecule has 8 nitrogen and oxygen atoms in total. The number of carbonyl (C=O) groups is 2. The topological polar surface area (TPSA) is 119 Å². The summed E-state index contributed by atoms with van der Waals surface area (Å²) < 4.78 is 32.3. The highest BCUT2D eigenvalue weighted by atomic mass is 35.5. The van der Waals surface area contributed by atoms with E-state index in [1.54, 1.807) is 6.92 Å². The highest BCUT2D eigenvalue weighted by molar-refractivity contribution is 7.89. The molecule has 2 heterocycles. The molecule has 0 unspecified atom stereocenters. The van der Waals surface area contributed by atoms with Crippen molar-refractivity contribution in [3.8, 4) is 0 Å². The number of morpholine rings is 1. The summed E-state index contributed by atoms with van der Waals surface area (Å²) >= 11 is 7.36. The van der Waals surface area contributed by atoms with Gasteiger partial charge in [-0.2, -0.15) is 4.31 Å². The Hall–Kier alpha value is -1.98. The van der Waals surface area contributed by atoms with Crippen molar-refractivity contribution >= 4 is 49.8 Å². The van der Waals surface area contributed by atoms with Crippen LogP contribution >= 0.6 is 22.9 Å². The summed E-state index contributed by atoms with van der Waals surface area (Å²) in [5.41, 5.74) is 6.47. The van der Waals surface area contributed by atoms with Crippen LogP contribution in [-0.2, 0) is 14.8 Å². The van der Waals surface area contributed by atoms with Crippen LogP contribution in [-0.4, -0.2) is 50.8 Å². The molecule has 156 valence electrons. The second-order valence-corrected chi connectivity index (χ2v) is 10.0. The number of sulfonamides is 1. The quantitative estimate of drug-likeness (QED) is 0.714. The number of nitrogens with two attached hydrogens (primary N) is 1. The number of aryl methyl sites for hydroxylation is 1. The Morgan fingerprint density at radius 1 is 1.24 bits per heavy atom. The highest BCUT2D eigenvalue weighted by Gasteiger charge is 2.29. The van der Waals surface area contributed by atoms with Crippen molar-refractivity contribution in [2.24, 2.45) is 5.73 Å². The number of anilines is 1. The van der Waals surface area contributed by atoms with Gasteiger partial charge in [-0.1, -0.05) is 11.6 Å². The summed E-state index contributed by atoms with van der Waals surface area (Å²) in [6, 6.07) is 4.02. The number of halogens is 1. The van der Waals surface area contributed by atoms with Gasteiger partial charge in [0, 0.05) is 23.5 Å². The number of nitrogens with zero attached hydrogens (tertiary/aromatic N) is 1. The summed E-state index contributed by atoms with van der Waals surface area (Å²) in [6.45, 7) is 4.58. The zero-order chi connectivity index (χ0) is 21.3. The molecule has 0 aliphatic carbocycles. The van der Waals surface area contributed by atoms with Gasteiger partial charge in [-0.15, -0.1) is 11.3 Å². The van der Waals surface area contributed by atoms with Gasteiger partial charge < -0.3 is 15.8 Å². The average Bonchev–Trinajstić information content (AvgIpc) is 2.96. The minimum Gasteiger partial charge on any atom is -0.379 e. The van der Waals surface area contributed by atoms with E-state index in [0.29, 0.717) is 23.8 Å². The lowest BCUT2D eigenvalue weighted by atomic mass is 10.1. The highest BCUT2D eigenvalue weighted by Crippen LogP contribution is 2.33. The molecule has 1 fully saturated rings. The lowest BCUT2D eigenvalue weighted by Crippen LogP contribution is -2.40. The van der Waals surface area contributed by atoms with Gasteiger partial charge in [0.25, 0.3) is 11.8 Å². The third-order valence-corrected chi connectivity index (χ3v) is 8.14. The molecule has 1 aliphatic rings. The number of ether oxygens (including phenoxy) is 1. The Bertz CT molecular complexity index is 1080. The number of hydrogen-bond donors (Lipinski definition) is 2. The van der Waals surface area contributed by atoms with Crippen LogP contribution < -0.4 is 11.1 Å². The summed E-state index contributed by atoms with van der Waals surface area (Å²) in [4.78, 5) is 25.2. The first kappa shape index (κ1) is 21.7. The second-order valence-electron chi connectivity index (χ2n) is 6.47. The van der Waals surface area contributed by atoms with Crippen molar-refractivity contribution in [2.45, 2.75) is 18.7 Å². The van der Waals surface area contributed by atoms with Crippen LogP contribution in [0.25, 0.3) is 0 Å². The number of benzene rings is 1. The van der Waals surface area contributed by atoms with Gasteiger partial charge in [0.15, 0.2) is 0 Å². The number of hydrogen-bond acceptors (Lipinski definition) is 6. The van der Waals surface area contributed by atoms with Crippen molar-refractivity contribution in [2.75, 3.05) is 31.6 Å². The lowest BCUT2D eigenvalue weighted by molar-refractivity contribution is 0.0730. The maximum absolute atomic E-state index is 12.9. The van der Waals surface area contributed by atoms with E-state index in [0.717, 1.165) is 4.88 Å². The van der Waals surface area contributed by atoms with Crippen LogP contribution in [0.15, 0.2) is 23.1 Å². The lowest BCUT2D eigenvalue weighted by Gasteiger charge is -2.26. The molecule has 0 radical (unpaired) electrons. The Labute approximate surface area is 177 Å². The van der Waals surface area contributed by atoms with Gasteiger partial charge in [0.05, 0.1) is 23.8 Å². The van der Waals surface area contributed by atoms with Crippen LogP contribution in [0.3, 0.4) is 0 Å². The van der Waals surface area contributed by atoms with Crippen molar-refractivity contribution in [1.82, 2.24) is 4.31 Å². The Balaban J connectivity index is 1.93. The largest absolute Gasteiger partial charge is 0.379 e. The molecule has 0 atom stereocenters. The Morgan fingerprint density at radius 2 is 1.90 bits per heavy atom. The fourth-order valence-corrected chi connectivity index (χ4v) is 5.92. The van der Waals surface area contributed by atoms with Gasteiger partial charge in [-0.3, -0.25) is 9.59 Å². The van der Waals surface area contributed by atoms with E-state index >= 15 is 0 Å². The van der Waals surface area contributed by atoms with E-state index in [-0.39, 0.29) is 34.1 Å². The molecular formula is C18H20ClN3O5S2. The number of carbonyl (C=O) groups excluding carboxylic acids is 2. The van der Waals surface area contributed by atoms with Gasteiger partial charge in [-0.05, 0) is 37.6 Å². The third-order valence-electron chi connectivity index (χ3n) is 4.64. The van der Waals surface area contributed by atoms with E-state index in [2.05, 4.69) is 5.32 Å². The monoisotopic (exact) mass is 457 g/mol. The summed E-state index contributed by atoms with van der Waals surface area (Å²) in [5, 5.41) is 3.00. The maximum atomic E-state index is 12.9. The predicted octanol–water partition coefficient (Wildman–Crippen LogP) is 2.39. The van der Waals surface area contributed by atoms with Crippen molar-refractivity contribution in [3.63, 3.8) is 0 Å². The molecule has 1 aromatic heterocycles. The number of thiophene rings is 1. The molecule has 29 heavy (non-hydrogen) atoms. The van der Waals surface area contributed by atoms with Crippen molar-refractivity contribution in [3.05, 3.63) is 44.8 Å². The molecule has 0 saturated carbocycles. The number of amides is 2. The molecule has 0 bridgehead atoms. The second kappa shape index (κ2) is 8.41. The molecular weight excluding hydrogens is 438 g/mol. The zero-order valence-electron chi connectivity index (χ0n) is 15.8. The summed E-state index contributed by atoms with van der Waals surface area (Å²) in [5.74, 6) is -1.21. The fourth-order valence-electron chi connectivity index (χ4n) is 2.96. The molecule has 0 spiro atoms. The fraction of sp³-hybridized carbons (Fsp3) is 0.333. The average molecular weight is 458 g/mol. The predicted molar refractivity (Wildman–Crippen MR) is 111 cm³/mol. The van der Waals surface area contributed by atoms with Crippen LogP contribution in [0.4, 0.5) is 5.00 Å². The van der Waals surface area contributed by atoms with E-state index < -0.39 is 21.8 Å². The minimum atomic E-state index is -3.88. The minimum absolute atomic E-state index is 0.0219. The maximum Gasteiger partial charge on any atom is 0.256 e. The van der Waals surface area contributed by atoms with Gasteiger partial charge in [-0.25, -0.2) is 8.42 Å². The van der Waals surface area contributed by atoms with Gasteiger partial charge in [0.1, 0.15) is 9.90 Å². The Kier molecular flexibility index (Phi) is 6.30. The van der Waals surface area contributed by atoms with E-state index in [4.69, 9.17) is 22.1 Å². The van der Waals surface area contributed by atoms with Crippen molar-refractivity contribution in [1.29, 1.82) is 0 Å². The molecule has 3 rings (SSSR count). The molecule has 1 aromatic carbocycles. The smallest absolute Gasteiger partial charge is 0.256 e. The molecule has 2 amide bonds. The van der Waals surface area contributed by atoms with Crippen LogP contribution in [0.2, 0.25) is 5.02 Å². The Morgan fingerprint density at radius 3 is 2.52 bits per heavy atom. The zero-order valence-corrected chi connectivity index (χ0v) is 18.2. The van der Waals surface area contributed by atoms with Gasteiger partial charge >= 0.3 is 0 Å². The first-order valence-electron chi connectivity index (χ1n) is 8.71. The first-order chi connectivity index (χ1) is 13.6. The number of nitrogens with one attached hydrogen (secondary N) is 1. The molecule has 2 aromatic rings. The normalized spacial score (nSPS) is 15.3. The summed E-state index contributed by atoms with van der Waals surface area (Å²) in [7, 11) is -3.88. The molecule has 1 aliphatic heterocycles. The molecule has 11 heteroatoms. The van der Waals surface area contributed by atoms with E-state index in [1.807, 2.05) is 6.92 Å². The summed E-state index contributed by atoms with van der Waals surface area (Å²) in [6.07, 6.45) is 0. The van der Waals surface area contributed by atoms with E-state index in [1.165, 1.54) is 33.8 Å². The number of primary amides is 1. The standard InChI is InChI=1S/C18H20ClN3O5S2/c1-10-11(2)28-18(15(10)16(20)23)21-17(24)12-3-4-13(19)14(9-12)29(25,26)22-5-7-27-8-6-22/h3-4,9H,5-8H2,1-2H3,(H2,20,23)(H,21,24). The van der Waals surface area contributed by atoms with Crippen LogP contribution in [0.1, 0.15) is 31.2 Å². The first-order valence-corrected chi connectivity index (χ1v) is 11.3. The molecule has 1 saturated heterocycles. The van der Waals surface area contributed by atoms with Crippen LogP contribution in [0, 0.1) is 13.8 Å². The van der Waals surface area contributed by atoms with Crippen molar-refractivity contribution < 1.29 is 22.7 Å². The van der Waals surface area contributed by atoms with Gasteiger partial charge in [0.2, 0.25) is 10.0 Å². The van der Waals surface area contributed by atoms with Crippen LogP contribution in [0.5, 0.6) is 0 Å². The third kappa shape index (κ3) is 4.31. The van der Waals surface area contributed by atoms with E-state index in [9.17, 15) is 18.0 Å². The molecule has 3 N–H and O–H groups in total. The number of rotatable bonds is 5.